The Morgan fingerprint density at radius 1 is 1.18 bits per heavy atom. The van der Waals surface area contributed by atoms with Crippen molar-refractivity contribution in [3.05, 3.63) is 11.6 Å². The van der Waals surface area contributed by atoms with E-state index in [9.17, 15) is 9.59 Å². The lowest BCUT2D eigenvalue weighted by Crippen LogP contribution is -2.46. The van der Waals surface area contributed by atoms with Crippen LogP contribution in [-0.2, 0) is 19.1 Å². The summed E-state index contributed by atoms with van der Waals surface area (Å²) in [5.41, 5.74) is 0.633. The Labute approximate surface area is 132 Å². The third kappa shape index (κ3) is 3.51. The third-order valence-corrected chi connectivity index (χ3v) is 4.84. The molecule has 2 bridgehead atoms. The van der Waals surface area contributed by atoms with Gasteiger partial charge in [0.1, 0.15) is 12.2 Å². The highest BCUT2D eigenvalue weighted by Crippen LogP contribution is 2.37. The maximum absolute atomic E-state index is 11.9. The first-order valence-electron chi connectivity index (χ1n) is 8.09. The SMILES string of the molecule is C/C=C(\C)C(=O)O[C@H]1C[C@H]2C[C@H](OC(=O)C(C)C)[C@@H](C1)N2C. The molecule has 2 heterocycles. The normalized spacial score (nSPS) is 32.2. The molecule has 2 aliphatic heterocycles. The lowest BCUT2D eigenvalue weighted by molar-refractivity contribution is -0.156. The molecular formula is C17H27NO4. The highest BCUT2D eigenvalue weighted by Gasteiger charge is 2.47. The van der Waals surface area contributed by atoms with Crippen LogP contribution in [0.2, 0.25) is 0 Å². The second-order valence-electron chi connectivity index (χ2n) is 6.72. The Kier molecular flexibility index (Phi) is 5.27. The molecule has 22 heavy (non-hydrogen) atoms. The minimum Gasteiger partial charge on any atom is -0.460 e. The van der Waals surface area contributed by atoms with Gasteiger partial charge in [0.2, 0.25) is 0 Å². The van der Waals surface area contributed by atoms with Crippen LogP contribution in [-0.4, -0.2) is 48.2 Å². The van der Waals surface area contributed by atoms with Gasteiger partial charge in [0.15, 0.2) is 0 Å². The van der Waals surface area contributed by atoms with E-state index in [1.807, 2.05) is 20.8 Å². The van der Waals surface area contributed by atoms with Gasteiger partial charge in [-0.05, 0) is 20.9 Å². The summed E-state index contributed by atoms with van der Waals surface area (Å²) in [4.78, 5) is 26.0. The fourth-order valence-corrected chi connectivity index (χ4v) is 3.24. The molecule has 5 nitrogen and oxygen atoms in total. The zero-order valence-corrected chi connectivity index (χ0v) is 14.2. The van der Waals surface area contributed by atoms with Crippen LogP contribution in [0.4, 0.5) is 0 Å². The number of rotatable bonds is 4. The van der Waals surface area contributed by atoms with Gasteiger partial charge in [0, 0.05) is 30.9 Å². The number of nitrogens with zero attached hydrogens (tertiary/aromatic N) is 1. The first-order valence-corrected chi connectivity index (χ1v) is 8.09. The summed E-state index contributed by atoms with van der Waals surface area (Å²) < 4.78 is 11.2. The van der Waals surface area contributed by atoms with E-state index in [-0.39, 0.29) is 36.1 Å². The molecule has 0 aromatic heterocycles. The van der Waals surface area contributed by atoms with Crippen LogP contribution >= 0.6 is 0 Å². The Morgan fingerprint density at radius 2 is 1.86 bits per heavy atom. The maximum atomic E-state index is 11.9. The molecule has 2 fully saturated rings. The van der Waals surface area contributed by atoms with Crippen molar-refractivity contribution >= 4 is 11.9 Å². The van der Waals surface area contributed by atoms with Crippen molar-refractivity contribution in [3.63, 3.8) is 0 Å². The number of carbonyl (C=O) groups excluding carboxylic acids is 2. The lowest BCUT2D eigenvalue weighted by atomic mass is 10.00. The van der Waals surface area contributed by atoms with E-state index >= 15 is 0 Å². The second kappa shape index (κ2) is 6.82. The Bertz CT molecular complexity index is 471. The van der Waals surface area contributed by atoms with Gasteiger partial charge in [-0.3, -0.25) is 9.69 Å². The van der Waals surface area contributed by atoms with Crippen LogP contribution in [0.5, 0.6) is 0 Å². The predicted molar refractivity (Wildman–Crippen MR) is 83.2 cm³/mol. The standard InChI is InChI=1S/C17H27NO4/c1-6-11(4)17(20)21-13-7-12-8-15(14(9-13)18(12)5)22-16(19)10(2)3/h6,10,12-15H,7-9H2,1-5H3/b11-6+/t12-,13-,14+,15-/m0/s1. The number of hydrogen-bond acceptors (Lipinski definition) is 5. The van der Waals surface area contributed by atoms with Crippen molar-refractivity contribution in [3.8, 4) is 0 Å². The van der Waals surface area contributed by atoms with Crippen molar-refractivity contribution in [2.45, 2.75) is 71.2 Å². The number of ether oxygens (including phenoxy) is 2. The molecule has 4 atom stereocenters. The van der Waals surface area contributed by atoms with E-state index in [1.54, 1.807) is 13.0 Å². The largest absolute Gasteiger partial charge is 0.460 e. The quantitative estimate of drug-likeness (QED) is 0.589. The summed E-state index contributed by atoms with van der Waals surface area (Å²) in [5.74, 6) is -0.506. The van der Waals surface area contributed by atoms with Gasteiger partial charge in [0.25, 0.3) is 0 Å². The number of piperidine rings is 1. The Hall–Kier alpha value is -1.36. The Morgan fingerprint density at radius 3 is 2.45 bits per heavy atom. The molecule has 0 spiro atoms. The van der Waals surface area contributed by atoms with Crippen molar-refractivity contribution < 1.29 is 19.1 Å². The fourth-order valence-electron chi connectivity index (χ4n) is 3.24. The average molecular weight is 309 g/mol. The maximum Gasteiger partial charge on any atom is 0.333 e. The summed E-state index contributed by atoms with van der Waals surface area (Å²) in [6.07, 6.45) is 3.96. The topological polar surface area (TPSA) is 55.8 Å². The molecule has 0 amide bonds. The molecule has 2 saturated heterocycles. The molecule has 5 heteroatoms. The van der Waals surface area contributed by atoms with Crippen LogP contribution < -0.4 is 0 Å². The monoisotopic (exact) mass is 309 g/mol. The summed E-state index contributed by atoms with van der Waals surface area (Å²) in [5, 5.41) is 0. The molecule has 124 valence electrons. The summed E-state index contributed by atoms with van der Waals surface area (Å²) in [7, 11) is 2.06. The van der Waals surface area contributed by atoms with Crippen LogP contribution in [0.1, 0.15) is 47.0 Å². The summed E-state index contributed by atoms with van der Waals surface area (Å²) >= 11 is 0. The molecular weight excluding hydrogens is 282 g/mol. The molecule has 2 rings (SSSR count). The van der Waals surface area contributed by atoms with Gasteiger partial charge in [-0.2, -0.15) is 0 Å². The third-order valence-electron chi connectivity index (χ3n) is 4.84. The molecule has 0 radical (unpaired) electrons. The molecule has 0 aromatic rings. The molecule has 2 aliphatic rings. The summed E-state index contributed by atoms with van der Waals surface area (Å²) in [6, 6.07) is 0.456. The number of hydrogen-bond donors (Lipinski definition) is 0. The van der Waals surface area contributed by atoms with Crippen LogP contribution in [0.15, 0.2) is 11.6 Å². The van der Waals surface area contributed by atoms with Gasteiger partial charge in [0.05, 0.1) is 12.0 Å². The molecule has 0 unspecified atom stereocenters. The van der Waals surface area contributed by atoms with E-state index in [4.69, 9.17) is 9.47 Å². The van der Waals surface area contributed by atoms with Crippen molar-refractivity contribution in [2.75, 3.05) is 7.05 Å². The number of carbonyl (C=O) groups is 2. The minimum absolute atomic E-state index is 0.0867. The first-order chi connectivity index (χ1) is 10.3. The highest BCUT2D eigenvalue weighted by atomic mass is 16.6. The molecule has 0 aliphatic carbocycles. The predicted octanol–water partition coefficient (Wildman–Crippen LogP) is 2.30. The first kappa shape index (κ1) is 17.0. The van der Waals surface area contributed by atoms with E-state index < -0.39 is 0 Å². The molecule has 0 aromatic carbocycles. The fraction of sp³-hybridized carbons (Fsp3) is 0.765. The van der Waals surface area contributed by atoms with Crippen molar-refractivity contribution in [1.82, 2.24) is 4.90 Å². The van der Waals surface area contributed by atoms with Gasteiger partial charge in [-0.1, -0.05) is 19.9 Å². The van der Waals surface area contributed by atoms with E-state index in [0.29, 0.717) is 11.6 Å². The van der Waals surface area contributed by atoms with Crippen LogP contribution in [0.25, 0.3) is 0 Å². The van der Waals surface area contributed by atoms with Crippen LogP contribution in [0.3, 0.4) is 0 Å². The van der Waals surface area contributed by atoms with E-state index in [2.05, 4.69) is 11.9 Å². The zero-order valence-electron chi connectivity index (χ0n) is 14.2. The number of allylic oxidation sites excluding steroid dienone is 1. The summed E-state index contributed by atoms with van der Waals surface area (Å²) in [6.45, 7) is 7.28. The number of likely N-dealkylation sites (N-methyl/N-ethyl adjacent to an activating group) is 1. The van der Waals surface area contributed by atoms with Gasteiger partial charge in [-0.25, -0.2) is 4.79 Å². The zero-order chi connectivity index (χ0) is 16.4. The smallest absolute Gasteiger partial charge is 0.333 e. The number of esters is 2. The van der Waals surface area contributed by atoms with E-state index in [1.165, 1.54) is 0 Å². The average Bonchev–Trinajstić information content (AvgIpc) is 2.65. The molecule has 0 N–H and O–H groups in total. The number of fused-ring (bicyclic) bond motifs is 2. The molecule has 0 saturated carbocycles. The van der Waals surface area contributed by atoms with Crippen molar-refractivity contribution in [1.29, 1.82) is 0 Å². The van der Waals surface area contributed by atoms with Crippen molar-refractivity contribution in [2.24, 2.45) is 5.92 Å². The Balaban J connectivity index is 1.98. The highest BCUT2D eigenvalue weighted by molar-refractivity contribution is 5.87. The lowest BCUT2D eigenvalue weighted by Gasteiger charge is -2.36. The van der Waals surface area contributed by atoms with Gasteiger partial charge in [-0.15, -0.1) is 0 Å². The van der Waals surface area contributed by atoms with Gasteiger partial charge >= 0.3 is 11.9 Å². The second-order valence-corrected chi connectivity index (χ2v) is 6.72. The van der Waals surface area contributed by atoms with Crippen LogP contribution in [0, 0.1) is 5.92 Å². The minimum atomic E-state index is -0.243. The van der Waals surface area contributed by atoms with E-state index in [0.717, 1.165) is 19.3 Å². The van der Waals surface area contributed by atoms with Gasteiger partial charge < -0.3 is 9.47 Å².